The summed E-state index contributed by atoms with van der Waals surface area (Å²) in [5.74, 6) is 0.333. The van der Waals surface area contributed by atoms with Crippen LogP contribution in [0.3, 0.4) is 0 Å². The van der Waals surface area contributed by atoms with Crippen LogP contribution in [-0.4, -0.2) is 90.3 Å². The van der Waals surface area contributed by atoms with E-state index < -0.39 is 0 Å². The SMILES string of the molecule is CCNCCOCCOCCOCCOCCN(C)C(=O)C(CC)CC.[HH]. The van der Waals surface area contributed by atoms with Crippen LogP contribution >= 0.6 is 0 Å². The quantitative estimate of drug-likeness (QED) is 0.346. The largest absolute Gasteiger partial charge is 0.378 e. The fourth-order valence-electron chi connectivity index (χ4n) is 2.34. The number of rotatable bonds is 19. The van der Waals surface area contributed by atoms with Crippen LogP contribution in [0.25, 0.3) is 0 Å². The van der Waals surface area contributed by atoms with Gasteiger partial charge < -0.3 is 29.2 Å². The Balaban J connectivity index is 0. The van der Waals surface area contributed by atoms with Crippen molar-refractivity contribution in [1.29, 1.82) is 0 Å². The molecule has 7 nitrogen and oxygen atoms in total. The predicted octanol–water partition coefficient (Wildman–Crippen LogP) is 1.80. The Labute approximate surface area is 161 Å². The van der Waals surface area contributed by atoms with Crippen molar-refractivity contribution in [3.63, 3.8) is 0 Å². The first kappa shape index (κ1) is 25.3. The maximum atomic E-state index is 12.1. The average Bonchev–Trinajstić information content (AvgIpc) is 2.65. The molecule has 0 heterocycles. The standard InChI is InChI=1S/C19H40N2O5.H2/c1-5-18(6-2)19(22)21(4)9-11-24-13-15-26-17-16-25-14-12-23-10-8-20-7-3;/h18,20H,5-17H2,1-4H3;1H. The lowest BCUT2D eigenvalue weighted by Gasteiger charge is -2.22. The monoisotopic (exact) mass is 378 g/mol. The van der Waals surface area contributed by atoms with E-state index in [0.29, 0.717) is 59.4 Å². The Hall–Kier alpha value is -0.730. The normalized spacial score (nSPS) is 11.3. The molecule has 0 aromatic heterocycles. The number of amides is 1. The molecule has 1 amide bonds. The van der Waals surface area contributed by atoms with E-state index in [-0.39, 0.29) is 13.3 Å². The fraction of sp³-hybridized carbons (Fsp3) is 0.947. The maximum absolute atomic E-state index is 12.1. The molecule has 0 aliphatic rings. The van der Waals surface area contributed by atoms with Gasteiger partial charge in [-0.25, -0.2) is 0 Å². The summed E-state index contributed by atoms with van der Waals surface area (Å²) >= 11 is 0. The molecular formula is C19H42N2O5. The van der Waals surface area contributed by atoms with Crippen LogP contribution in [0.5, 0.6) is 0 Å². The molecule has 0 radical (unpaired) electrons. The molecule has 0 unspecified atom stereocenters. The van der Waals surface area contributed by atoms with E-state index in [4.69, 9.17) is 18.9 Å². The van der Waals surface area contributed by atoms with Crippen LogP contribution in [0.2, 0.25) is 0 Å². The Bertz CT molecular complexity index is 320. The first-order valence-corrected chi connectivity index (χ1v) is 9.93. The highest BCUT2D eigenvalue weighted by Gasteiger charge is 2.17. The number of ether oxygens (including phenoxy) is 4. The van der Waals surface area contributed by atoms with Gasteiger partial charge in [0.05, 0.1) is 52.9 Å². The van der Waals surface area contributed by atoms with Gasteiger partial charge in [-0.2, -0.15) is 0 Å². The number of hydrogen-bond donors (Lipinski definition) is 1. The fourth-order valence-corrected chi connectivity index (χ4v) is 2.34. The molecule has 0 saturated heterocycles. The minimum absolute atomic E-state index is 0. The Morgan fingerprint density at radius 1 is 0.846 bits per heavy atom. The number of hydrogen-bond acceptors (Lipinski definition) is 6. The zero-order chi connectivity index (χ0) is 19.5. The summed E-state index contributed by atoms with van der Waals surface area (Å²) < 4.78 is 21.8. The van der Waals surface area contributed by atoms with Gasteiger partial charge in [0.15, 0.2) is 0 Å². The average molecular weight is 379 g/mol. The smallest absolute Gasteiger partial charge is 0.225 e. The van der Waals surface area contributed by atoms with E-state index >= 15 is 0 Å². The highest BCUT2D eigenvalue weighted by Crippen LogP contribution is 2.10. The molecule has 0 bridgehead atoms. The van der Waals surface area contributed by atoms with E-state index in [1.807, 2.05) is 7.05 Å². The van der Waals surface area contributed by atoms with Gasteiger partial charge in [-0.1, -0.05) is 20.8 Å². The molecule has 0 aliphatic heterocycles. The van der Waals surface area contributed by atoms with Crippen molar-refractivity contribution in [3.8, 4) is 0 Å². The van der Waals surface area contributed by atoms with Gasteiger partial charge in [0, 0.05) is 27.5 Å². The highest BCUT2D eigenvalue weighted by atomic mass is 16.6. The lowest BCUT2D eigenvalue weighted by molar-refractivity contribution is -0.135. The molecule has 0 rings (SSSR count). The second-order valence-corrected chi connectivity index (χ2v) is 6.08. The third-order valence-electron chi connectivity index (χ3n) is 4.07. The van der Waals surface area contributed by atoms with Crippen molar-refractivity contribution in [2.45, 2.75) is 33.6 Å². The summed E-state index contributed by atoms with van der Waals surface area (Å²) in [6.07, 6.45) is 1.78. The molecule has 0 saturated carbocycles. The van der Waals surface area contributed by atoms with Gasteiger partial charge >= 0.3 is 0 Å². The van der Waals surface area contributed by atoms with E-state index in [0.717, 1.165) is 25.9 Å². The Morgan fingerprint density at radius 3 is 1.77 bits per heavy atom. The molecule has 0 spiro atoms. The molecule has 1 N–H and O–H groups in total. The highest BCUT2D eigenvalue weighted by molar-refractivity contribution is 5.78. The van der Waals surface area contributed by atoms with Gasteiger partial charge in [-0.05, 0) is 19.4 Å². The Morgan fingerprint density at radius 2 is 1.31 bits per heavy atom. The number of carbonyl (C=O) groups is 1. The van der Waals surface area contributed by atoms with Crippen molar-refractivity contribution in [2.75, 3.05) is 79.5 Å². The molecule has 0 fully saturated rings. The van der Waals surface area contributed by atoms with Crippen LogP contribution in [-0.2, 0) is 23.7 Å². The summed E-state index contributed by atoms with van der Waals surface area (Å²) in [4.78, 5) is 13.9. The van der Waals surface area contributed by atoms with E-state index in [1.165, 1.54) is 0 Å². The van der Waals surface area contributed by atoms with Gasteiger partial charge in [-0.15, -0.1) is 0 Å². The lowest BCUT2D eigenvalue weighted by atomic mass is 10.0. The third kappa shape index (κ3) is 14.4. The van der Waals surface area contributed by atoms with Crippen LogP contribution in [0.4, 0.5) is 0 Å². The molecule has 0 aromatic carbocycles. The number of nitrogens with one attached hydrogen (secondary N) is 1. The second kappa shape index (κ2) is 19.0. The molecule has 158 valence electrons. The molecule has 0 atom stereocenters. The minimum atomic E-state index is 0. The van der Waals surface area contributed by atoms with Crippen molar-refractivity contribution in [3.05, 3.63) is 0 Å². The topological polar surface area (TPSA) is 69.3 Å². The first-order chi connectivity index (χ1) is 12.7. The summed E-state index contributed by atoms with van der Waals surface area (Å²) in [7, 11) is 1.84. The van der Waals surface area contributed by atoms with Crippen molar-refractivity contribution >= 4 is 5.91 Å². The van der Waals surface area contributed by atoms with Crippen molar-refractivity contribution < 1.29 is 25.2 Å². The van der Waals surface area contributed by atoms with E-state index in [9.17, 15) is 4.79 Å². The lowest BCUT2D eigenvalue weighted by Crippen LogP contribution is -2.35. The zero-order valence-electron chi connectivity index (χ0n) is 17.3. The van der Waals surface area contributed by atoms with Crippen molar-refractivity contribution in [1.82, 2.24) is 10.2 Å². The summed E-state index contributed by atoms with van der Waals surface area (Å²) in [6.45, 7) is 13.2. The van der Waals surface area contributed by atoms with Gasteiger partial charge in [0.1, 0.15) is 0 Å². The molecule has 0 aliphatic carbocycles. The minimum Gasteiger partial charge on any atom is -0.378 e. The van der Waals surface area contributed by atoms with Crippen LogP contribution in [0.1, 0.15) is 35.0 Å². The van der Waals surface area contributed by atoms with Gasteiger partial charge in [-0.3, -0.25) is 4.79 Å². The molecule has 0 aromatic rings. The van der Waals surface area contributed by atoms with E-state index in [2.05, 4.69) is 26.1 Å². The molecule has 7 heteroatoms. The summed E-state index contributed by atoms with van der Waals surface area (Å²) in [5, 5.41) is 3.19. The van der Waals surface area contributed by atoms with Crippen LogP contribution < -0.4 is 5.32 Å². The number of nitrogens with zero attached hydrogens (tertiary/aromatic N) is 1. The predicted molar refractivity (Wildman–Crippen MR) is 106 cm³/mol. The van der Waals surface area contributed by atoms with Gasteiger partial charge in [0.25, 0.3) is 0 Å². The number of carbonyl (C=O) groups excluding carboxylic acids is 1. The second-order valence-electron chi connectivity index (χ2n) is 6.08. The Kier molecular flexibility index (Phi) is 18.5. The van der Waals surface area contributed by atoms with Crippen LogP contribution in [0.15, 0.2) is 0 Å². The number of likely N-dealkylation sites (N-methyl/N-ethyl adjacent to an activating group) is 2. The van der Waals surface area contributed by atoms with Crippen molar-refractivity contribution in [2.24, 2.45) is 5.92 Å². The maximum Gasteiger partial charge on any atom is 0.225 e. The molecule has 26 heavy (non-hydrogen) atoms. The van der Waals surface area contributed by atoms with Crippen LogP contribution in [0, 0.1) is 5.92 Å². The van der Waals surface area contributed by atoms with Gasteiger partial charge in [0.2, 0.25) is 5.91 Å². The first-order valence-electron chi connectivity index (χ1n) is 9.93. The summed E-state index contributed by atoms with van der Waals surface area (Å²) in [6, 6.07) is 0. The molecular weight excluding hydrogens is 336 g/mol. The van der Waals surface area contributed by atoms with E-state index in [1.54, 1.807) is 4.90 Å². The third-order valence-corrected chi connectivity index (χ3v) is 4.07. The summed E-state index contributed by atoms with van der Waals surface area (Å²) in [5.41, 5.74) is 0. The zero-order valence-corrected chi connectivity index (χ0v) is 17.3.